The Labute approximate surface area is 105 Å². The third kappa shape index (κ3) is 9.01. The van der Waals surface area contributed by atoms with E-state index >= 15 is 0 Å². The van der Waals surface area contributed by atoms with Crippen LogP contribution in [0.25, 0.3) is 0 Å². The SMILES string of the molecule is [Ca+2].[Cl-].[Cl-].[SrH2]. The topological polar surface area (TPSA) is 0 Å². The molecule has 0 atom stereocenters. The van der Waals surface area contributed by atoms with Crippen molar-refractivity contribution < 1.29 is 24.8 Å². The normalized spacial score (nSPS) is 0. The van der Waals surface area contributed by atoms with E-state index in [1.54, 1.807) is 0 Å². The Balaban J connectivity index is 0. The van der Waals surface area contributed by atoms with Gasteiger partial charge in [-0.1, -0.05) is 0 Å². The maximum absolute atomic E-state index is 0. The number of hydrogen-bond donors (Lipinski definition) is 0. The van der Waals surface area contributed by atoms with Crippen LogP contribution in [0.3, 0.4) is 0 Å². The Morgan fingerprint density at radius 3 is 0.750 bits per heavy atom. The maximum atomic E-state index is 0. The van der Waals surface area contributed by atoms with Gasteiger partial charge in [0.1, 0.15) is 0 Å². The summed E-state index contributed by atoms with van der Waals surface area (Å²) in [6.07, 6.45) is 0. The summed E-state index contributed by atoms with van der Waals surface area (Å²) in [6.45, 7) is 0. The van der Waals surface area contributed by atoms with Crippen molar-refractivity contribution in [3.8, 4) is 0 Å². The average molecular weight is 201 g/mol. The summed E-state index contributed by atoms with van der Waals surface area (Å²) in [4.78, 5) is 0. The van der Waals surface area contributed by atoms with Crippen LogP contribution in [0.4, 0.5) is 0 Å². The van der Waals surface area contributed by atoms with Crippen molar-refractivity contribution in [2.45, 2.75) is 0 Å². The summed E-state index contributed by atoms with van der Waals surface area (Å²) in [6, 6.07) is 0. The zero-order valence-corrected chi connectivity index (χ0v) is 5.18. The Kier molecular flexibility index (Phi) is 108. The van der Waals surface area contributed by atoms with E-state index in [-0.39, 0.29) is 108 Å². The van der Waals surface area contributed by atoms with Gasteiger partial charge in [-0.25, -0.2) is 0 Å². The summed E-state index contributed by atoms with van der Waals surface area (Å²) in [7, 11) is 0. The Bertz CT molecular complexity index is 6.00. The molecule has 0 aromatic carbocycles. The molecule has 0 nitrogen and oxygen atoms in total. The van der Waals surface area contributed by atoms with E-state index in [0.29, 0.717) is 0 Å². The van der Waals surface area contributed by atoms with E-state index in [9.17, 15) is 0 Å². The first kappa shape index (κ1) is 26.5. The fourth-order valence-corrected chi connectivity index (χ4v) is 0. The van der Waals surface area contributed by atoms with E-state index in [1.807, 2.05) is 0 Å². The van der Waals surface area contributed by atoms with Crippen LogP contribution >= 0.6 is 0 Å². The molecule has 0 fully saturated rings. The first-order valence-corrected chi connectivity index (χ1v) is 0. The fourth-order valence-electron chi connectivity index (χ4n) is 0. The second-order valence-electron chi connectivity index (χ2n) is 0. The van der Waals surface area contributed by atoms with Gasteiger partial charge in [0.25, 0.3) is 0 Å². The third-order valence-corrected chi connectivity index (χ3v) is 0. The molecule has 0 aliphatic rings. The van der Waals surface area contributed by atoms with Gasteiger partial charge in [-0.05, 0) is 0 Å². The van der Waals surface area contributed by atoms with Crippen molar-refractivity contribution in [1.82, 2.24) is 0 Å². The van der Waals surface area contributed by atoms with E-state index in [0.717, 1.165) is 0 Å². The van der Waals surface area contributed by atoms with Gasteiger partial charge in [0.05, 0.1) is 0 Å². The molecule has 0 rings (SSSR count). The molecular weight excluding hydrogens is 199 g/mol. The zero-order valence-electron chi connectivity index (χ0n) is 1.46. The first-order valence-electron chi connectivity index (χ1n) is 0. The quantitative estimate of drug-likeness (QED) is 0.341. The molecule has 20 valence electrons. The van der Waals surface area contributed by atoms with Gasteiger partial charge in [0.15, 0.2) is 0 Å². The second kappa shape index (κ2) is 16.2. The molecule has 0 aromatic heterocycles. The standard InChI is InChI=1S/Ca.2ClH.Sr.2H/h;2*1H;;;/q+2;;;;;/p-2. The molecule has 0 bridgehead atoms. The molecule has 0 saturated heterocycles. The van der Waals surface area contributed by atoms with Crippen molar-refractivity contribution in [2.24, 2.45) is 0 Å². The third-order valence-electron chi connectivity index (χ3n) is 0. The van der Waals surface area contributed by atoms with Gasteiger partial charge >= 0.3 is 83.2 Å². The van der Waals surface area contributed by atoms with Gasteiger partial charge < -0.3 is 24.8 Å². The summed E-state index contributed by atoms with van der Waals surface area (Å²) < 4.78 is 0. The predicted octanol–water partition coefficient (Wildman–Crippen LogP) is -7.29. The molecule has 0 aromatic rings. The molecule has 0 aliphatic heterocycles. The Morgan fingerprint density at radius 1 is 0.750 bits per heavy atom. The molecule has 0 radical (unpaired) electrons. The van der Waals surface area contributed by atoms with E-state index in [4.69, 9.17) is 0 Å². The molecule has 0 saturated carbocycles. The molecule has 0 spiro atoms. The van der Waals surface area contributed by atoms with Crippen LogP contribution < -0.4 is 24.8 Å². The van der Waals surface area contributed by atoms with Crippen LogP contribution in [0, 0.1) is 0 Å². The van der Waals surface area contributed by atoms with Gasteiger partial charge in [0, 0.05) is 0 Å². The van der Waals surface area contributed by atoms with Crippen LogP contribution in [-0.2, 0) is 0 Å². The van der Waals surface area contributed by atoms with Crippen LogP contribution in [0.5, 0.6) is 0 Å². The molecule has 0 amide bonds. The molecule has 4 heavy (non-hydrogen) atoms. The molecule has 0 N–H and O–H groups in total. The fraction of sp³-hybridized carbons (Fsp3) is 0. The van der Waals surface area contributed by atoms with Crippen LogP contribution in [-0.4, -0.2) is 83.2 Å². The van der Waals surface area contributed by atoms with Gasteiger partial charge in [0.2, 0.25) is 0 Å². The average Bonchev–Trinajstić information content (AvgIpc) is 0. The van der Waals surface area contributed by atoms with Gasteiger partial charge in [-0.15, -0.1) is 0 Å². The number of halogens is 2. The monoisotopic (exact) mass is 200 g/mol. The summed E-state index contributed by atoms with van der Waals surface area (Å²) in [5.74, 6) is 0. The molecule has 0 unspecified atom stereocenters. The summed E-state index contributed by atoms with van der Waals surface area (Å²) in [5, 5.41) is 0. The van der Waals surface area contributed by atoms with E-state index in [1.165, 1.54) is 0 Å². The van der Waals surface area contributed by atoms with Crippen molar-refractivity contribution in [2.75, 3.05) is 0 Å². The van der Waals surface area contributed by atoms with Gasteiger partial charge in [-0.2, -0.15) is 0 Å². The zero-order chi connectivity index (χ0) is 0. The second-order valence-corrected chi connectivity index (χ2v) is 0. The van der Waals surface area contributed by atoms with E-state index in [2.05, 4.69) is 0 Å². The molecule has 0 aliphatic carbocycles. The summed E-state index contributed by atoms with van der Waals surface area (Å²) >= 11 is 0. The van der Waals surface area contributed by atoms with Crippen LogP contribution in [0.1, 0.15) is 0 Å². The number of hydrogen-bond acceptors (Lipinski definition) is 0. The predicted molar refractivity (Wildman–Crippen MR) is 14.3 cm³/mol. The van der Waals surface area contributed by atoms with Crippen molar-refractivity contribution >= 4 is 83.2 Å². The van der Waals surface area contributed by atoms with Gasteiger partial charge in [-0.3, -0.25) is 0 Å². The van der Waals surface area contributed by atoms with Crippen LogP contribution in [0.15, 0.2) is 0 Å². The molecule has 4 heteroatoms. The van der Waals surface area contributed by atoms with Crippen LogP contribution in [0.2, 0.25) is 0 Å². The Morgan fingerprint density at radius 2 is 0.750 bits per heavy atom. The number of rotatable bonds is 0. The van der Waals surface area contributed by atoms with Crippen molar-refractivity contribution in [3.05, 3.63) is 0 Å². The molecule has 0 heterocycles. The minimum atomic E-state index is 0. The summed E-state index contributed by atoms with van der Waals surface area (Å²) in [5.41, 5.74) is 0. The van der Waals surface area contributed by atoms with Crippen molar-refractivity contribution in [3.63, 3.8) is 0 Å². The minimum absolute atomic E-state index is 0. The Hall–Kier alpha value is 3.32. The van der Waals surface area contributed by atoms with E-state index < -0.39 is 0 Å². The molecular formula is H2CaCl2Sr. The van der Waals surface area contributed by atoms with Crippen molar-refractivity contribution in [1.29, 1.82) is 0 Å². The first-order chi connectivity index (χ1) is 0.